The quantitative estimate of drug-likeness (QED) is 0.910. The fourth-order valence-corrected chi connectivity index (χ4v) is 3.17. The van der Waals surface area contributed by atoms with Crippen LogP contribution in [0.4, 0.5) is 5.95 Å². The summed E-state index contributed by atoms with van der Waals surface area (Å²) in [7, 11) is 0. The van der Waals surface area contributed by atoms with Gasteiger partial charge in [0.2, 0.25) is 12.1 Å². The molecular weight excluding hydrogens is 320 g/mol. The molecule has 130 valence electrons. The zero-order valence-corrected chi connectivity index (χ0v) is 13.8. The summed E-state index contributed by atoms with van der Waals surface area (Å²) in [6.07, 6.45) is 4.75. The maximum atomic E-state index is 12.6. The van der Waals surface area contributed by atoms with Crippen LogP contribution in [0.3, 0.4) is 0 Å². The molecule has 0 saturated carbocycles. The predicted octanol–water partition coefficient (Wildman–Crippen LogP) is 1.40. The van der Waals surface area contributed by atoms with Crippen molar-refractivity contribution in [3.63, 3.8) is 0 Å². The second-order valence-corrected chi connectivity index (χ2v) is 6.21. The first-order valence-corrected chi connectivity index (χ1v) is 8.50. The third-order valence-corrected chi connectivity index (χ3v) is 4.40. The molecule has 7 nitrogen and oxygen atoms in total. The molecule has 0 spiro atoms. The Bertz CT molecular complexity index is 740. The Morgan fingerprint density at radius 1 is 1.16 bits per heavy atom. The number of aromatic nitrogens is 2. The third-order valence-electron chi connectivity index (χ3n) is 4.40. The lowest BCUT2D eigenvalue weighted by atomic mass is 10.1. The minimum Gasteiger partial charge on any atom is -0.485 e. The number of benzene rings is 1. The van der Waals surface area contributed by atoms with E-state index in [1.807, 2.05) is 24.3 Å². The molecule has 2 aliphatic rings. The molecular formula is C18H20N4O3. The fourth-order valence-electron chi connectivity index (χ4n) is 3.17. The molecule has 7 heteroatoms. The number of fused-ring (bicyclic) bond motifs is 1. The van der Waals surface area contributed by atoms with Gasteiger partial charge in [0, 0.05) is 31.5 Å². The number of piperidine rings is 1. The van der Waals surface area contributed by atoms with Crippen LogP contribution in [-0.4, -0.2) is 47.7 Å². The molecule has 2 unspecified atom stereocenters. The molecule has 2 aromatic rings. The van der Waals surface area contributed by atoms with E-state index in [4.69, 9.17) is 9.47 Å². The molecule has 2 aliphatic heterocycles. The van der Waals surface area contributed by atoms with Crippen LogP contribution in [0.25, 0.3) is 0 Å². The Hall–Kier alpha value is -2.83. The van der Waals surface area contributed by atoms with E-state index in [1.54, 1.807) is 18.5 Å². The van der Waals surface area contributed by atoms with Gasteiger partial charge in [-0.2, -0.15) is 0 Å². The second kappa shape index (κ2) is 6.96. The Kier molecular flexibility index (Phi) is 4.37. The number of amides is 1. The van der Waals surface area contributed by atoms with E-state index in [-0.39, 0.29) is 18.6 Å². The molecule has 4 rings (SSSR count). The zero-order valence-electron chi connectivity index (χ0n) is 13.8. The summed E-state index contributed by atoms with van der Waals surface area (Å²) in [5.74, 6) is 1.84. The van der Waals surface area contributed by atoms with Crippen molar-refractivity contribution in [1.82, 2.24) is 15.3 Å². The van der Waals surface area contributed by atoms with E-state index in [2.05, 4.69) is 20.2 Å². The van der Waals surface area contributed by atoms with Crippen LogP contribution in [0.5, 0.6) is 11.5 Å². The maximum absolute atomic E-state index is 12.6. The normalized spacial score (nSPS) is 22.3. The molecule has 1 N–H and O–H groups in total. The van der Waals surface area contributed by atoms with Gasteiger partial charge in [0.15, 0.2) is 11.5 Å². The maximum Gasteiger partial charge on any atom is 0.264 e. The van der Waals surface area contributed by atoms with Crippen LogP contribution in [0.2, 0.25) is 0 Å². The van der Waals surface area contributed by atoms with Crippen molar-refractivity contribution < 1.29 is 14.3 Å². The summed E-state index contributed by atoms with van der Waals surface area (Å²) in [5, 5.41) is 3.08. The lowest BCUT2D eigenvalue weighted by Crippen LogP contribution is -2.53. The van der Waals surface area contributed by atoms with Crippen molar-refractivity contribution >= 4 is 11.9 Å². The minimum atomic E-state index is -0.627. The van der Waals surface area contributed by atoms with Gasteiger partial charge < -0.3 is 19.7 Å². The van der Waals surface area contributed by atoms with E-state index < -0.39 is 6.10 Å². The zero-order chi connectivity index (χ0) is 17.1. The monoisotopic (exact) mass is 340 g/mol. The number of nitrogens with zero attached hydrogens (tertiary/aromatic N) is 3. The molecule has 0 bridgehead atoms. The van der Waals surface area contributed by atoms with Gasteiger partial charge in [0.25, 0.3) is 5.91 Å². The number of carbonyl (C=O) groups is 1. The first-order valence-electron chi connectivity index (χ1n) is 8.50. The summed E-state index contributed by atoms with van der Waals surface area (Å²) in [5.41, 5.74) is 0. The van der Waals surface area contributed by atoms with Gasteiger partial charge in [-0.1, -0.05) is 12.1 Å². The minimum absolute atomic E-state index is 0.0471. The smallest absolute Gasteiger partial charge is 0.264 e. The van der Waals surface area contributed by atoms with Crippen LogP contribution >= 0.6 is 0 Å². The standard InChI is InChI=1S/C18H20N4O3/c23-17(16-12-24-14-6-1-2-7-15(14)25-16)21-13-5-3-10-22(11-13)18-19-8-4-9-20-18/h1-2,4,6-9,13,16H,3,5,10-12H2,(H,21,23). The van der Waals surface area contributed by atoms with Gasteiger partial charge >= 0.3 is 0 Å². The first-order chi connectivity index (χ1) is 12.3. The molecule has 1 amide bonds. The lowest BCUT2D eigenvalue weighted by Gasteiger charge is -2.34. The Morgan fingerprint density at radius 3 is 2.80 bits per heavy atom. The largest absolute Gasteiger partial charge is 0.485 e. The van der Waals surface area contributed by atoms with Gasteiger partial charge in [-0.15, -0.1) is 0 Å². The van der Waals surface area contributed by atoms with Crippen molar-refractivity contribution in [3.8, 4) is 11.5 Å². The molecule has 0 radical (unpaired) electrons. The fraction of sp³-hybridized carbons (Fsp3) is 0.389. The van der Waals surface area contributed by atoms with Crippen LogP contribution in [0.15, 0.2) is 42.7 Å². The molecule has 2 atom stereocenters. The van der Waals surface area contributed by atoms with Crippen molar-refractivity contribution in [3.05, 3.63) is 42.7 Å². The molecule has 0 aliphatic carbocycles. The van der Waals surface area contributed by atoms with Gasteiger partial charge in [-0.3, -0.25) is 4.79 Å². The van der Waals surface area contributed by atoms with Gasteiger partial charge in [-0.05, 0) is 31.0 Å². The molecule has 1 aromatic carbocycles. The van der Waals surface area contributed by atoms with Crippen molar-refractivity contribution in [2.45, 2.75) is 25.0 Å². The number of hydrogen-bond acceptors (Lipinski definition) is 6. The van der Waals surface area contributed by atoms with E-state index in [1.165, 1.54) is 0 Å². The summed E-state index contributed by atoms with van der Waals surface area (Å²) < 4.78 is 11.4. The summed E-state index contributed by atoms with van der Waals surface area (Å²) >= 11 is 0. The van der Waals surface area contributed by atoms with Crippen LogP contribution in [-0.2, 0) is 4.79 Å². The lowest BCUT2D eigenvalue weighted by molar-refractivity contribution is -0.131. The molecule has 1 fully saturated rings. The highest BCUT2D eigenvalue weighted by molar-refractivity contribution is 5.82. The van der Waals surface area contributed by atoms with Gasteiger partial charge in [-0.25, -0.2) is 9.97 Å². The number of carbonyl (C=O) groups excluding carboxylic acids is 1. The highest BCUT2D eigenvalue weighted by Gasteiger charge is 2.30. The van der Waals surface area contributed by atoms with E-state index in [0.29, 0.717) is 24.0 Å². The number of anilines is 1. The van der Waals surface area contributed by atoms with E-state index >= 15 is 0 Å². The van der Waals surface area contributed by atoms with Crippen molar-refractivity contribution in [2.24, 2.45) is 0 Å². The first kappa shape index (κ1) is 15.7. The van der Waals surface area contributed by atoms with Crippen LogP contribution in [0, 0.1) is 0 Å². The molecule has 25 heavy (non-hydrogen) atoms. The van der Waals surface area contributed by atoms with Crippen LogP contribution < -0.4 is 19.7 Å². The van der Waals surface area contributed by atoms with Crippen molar-refractivity contribution in [2.75, 3.05) is 24.6 Å². The Labute approximate surface area is 146 Å². The number of para-hydroxylation sites is 2. The highest BCUT2D eigenvalue weighted by atomic mass is 16.6. The number of rotatable bonds is 3. The summed E-state index contributed by atoms with van der Waals surface area (Å²) in [6, 6.07) is 9.23. The van der Waals surface area contributed by atoms with Gasteiger partial charge in [0.05, 0.1) is 0 Å². The molecule has 1 aromatic heterocycles. The average Bonchev–Trinajstić information content (AvgIpc) is 2.68. The van der Waals surface area contributed by atoms with Gasteiger partial charge in [0.1, 0.15) is 6.61 Å². The molecule has 3 heterocycles. The number of hydrogen-bond donors (Lipinski definition) is 1. The van der Waals surface area contributed by atoms with E-state index in [9.17, 15) is 4.79 Å². The Balaban J connectivity index is 1.36. The van der Waals surface area contributed by atoms with E-state index in [0.717, 1.165) is 19.4 Å². The molecule has 1 saturated heterocycles. The SMILES string of the molecule is O=C(NC1CCCN(c2ncccn2)C1)C1COc2ccccc2O1. The summed E-state index contributed by atoms with van der Waals surface area (Å²) in [4.78, 5) is 23.2. The second-order valence-electron chi connectivity index (χ2n) is 6.21. The number of ether oxygens (including phenoxy) is 2. The van der Waals surface area contributed by atoms with Crippen LogP contribution in [0.1, 0.15) is 12.8 Å². The Morgan fingerprint density at radius 2 is 1.96 bits per heavy atom. The van der Waals surface area contributed by atoms with Crippen molar-refractivity contribution in [1.29, 1.82) is 0 Å². The third kappa shape index (κ3) is 3.50. The summed E-state index contributed by atoms with van der Waals surface area (Å²) in [6.45, 7) is 1.81. The predicted molar refractivity (Wildman–Crippen MR) is 91.8 cm³/mol. The average molecular weight is 340 g/mol. The number of nitrogens with one attached hydrogen (secondary N) is 1. The highest BCUT2D eigenvalue weighted by Crippen LogP contribution is 2.31. The topological polar surface area (TPSA) is 76.6 Å².